The fourth-order valence-corrected chi connectivity index (χ4v) is 0.581. The van der Waals surface area contributed by atoms with Gasteiger partial charge in [-0.1, -0.05) is 0 Å². The van der Waals surface area contributed by atoms with Crippen molar-refractivity contribution in [1.82, 2.24) is 0 Å². The normalized spacial score (nSPS) is 17.2. The quantitative estimate of drug-likeness (QED) is 0.646. The smallest absolute Gasteiger partial charge is 0.229 e. The van der Waals surface area contributed by atoms with E-state index in [4.69, 9.17) is 0 Å². The molecular formula is C6H3F9. The molecule has 90 valence electrons. The molecule has 0 aromatic rings. The van der Waals surface area contributed by atoms with Gasteiger partial charge in [0.2, 0.25) is 11.5 Å². The van der Waals surface area contributed by atoms with E-state index in [2.05, 4.69) is 0 Å². The van der Waals surface area contributed by atoms with Crippen molar-refractivity contribution >= 4 is 0 Å². The minimum Gasteiger partial charge on any atom is -0.229 e. The van der Waals surface area contributed by atoms with Gasteiger partial charge in [0.05, 0.1) is 0 Å². The first-order valence-corrected chi connectivity index (χ1v) is 3.20. The molecular weight excluding hydrogens is 243 g/mol. The summed E-state index contributed by atoms with van der Waals surface area (Å²) >= 11 is 0. The second-order valence-corrected chi connectivity index (χ2v) is 2.65. The van der Waals surface area contributed by atoms with Gasteiger partial charge in [0, 0.05) is 0 Å². The van der Waals surface area contributed by atoms with E-state index in [0.717, 1.165) is 0 Å². The lowest BCUT2D eigenvalue weighted by atomic mass is 9.98. The topological polar surface area (TPSA) is 0 Å². The Kier molecular flexibility index (Phi) is 3.39. The summed E-state index contributed by atoms with van der Waals surface area (Å²) in [4.78, 5) is 0. The summed E-state index contributed by atoms with van der Waals surface area (Å²) in [6.07, 6.45) is -10.0. The standard InChI is InChI=1S/C6H3F9/c1-4(10,2(7)3(8)9)5(11,12)6(13,14)15/h1H3. The Morgan fingerprint density at radius 3 is 1.33 bits per heavy atom. The molecule has 0 aromatic heterocycles. The van der Waals surface area contributed by atoms with Crippen LogP contribution in [-0.2, 0) is 0 Å². The fraction of sp³-hybridized carbons (Fsp3) is 0.667. The van der Waals surface area contributed by atoms with Gasteiger partial charge in [-0.05, 0) is 6.92 Å². The van der Waals surface area contributed by atoms with Crippen LogP contribution in [0.3, 0.4) is 0 Å². The third-order valence-corrected chi connectivity index (χ3v) is 1.52. The molecule has 0 aliphatic rings. The van der Waals surface area contributed by atoms with Gasteiger partial charge >= 0.3 is 18.2 Å². The largest absolute Gasteiger partial charge is 0.457 e. The molecule has 0 saturated carbocycles. The lowest BCUT2D eigenvalue weighted by molar-refractivity contribution is -0.320. The van der Waals surface area contributed by atoms with E-state index in [-0.39, 0.29) is 0 Å². The minimum atomic E-state index is -6.47. The molecule has 0 bridgehead atoms. The van der Waals surface area contributed by atoms with Gasteiger partial charge in [-0.3, -0.25) is 0 Å². The third-order valence-electron chi connectivity index (χ3n) is 1.52. The zero-order valence-electron chi connectivity index (χ0n) is 6.90. The maximum absolute atomic E-state index is 12.6. The van der Waals surface area contributed by atoms with Gasteiger partial charge in [0.15, 0.2) is 0 Å². The van der Waals surface area contributed by atoms with Crippen LogP contribution in [0.1, 0.15) is 6.92 Å². The summed E-state index contributed by atoms with van der Waals surface area (Å²) in [6, 6.07) is 0. The summed E-state index contributed by atoms with van der Waals surface area (Å²) in [7, 11) is 0. The summed E-state index contributed by atoms with van der Waals surface area (Å²) in [5.74, 6) is -9.68. The van der Waals surface area contributed by atoms with Crippen molar-refractivity contribution in [2.45, 2.75) is 24.7 Å². The highest BCUT2D eigenvalue weighted by atomic mass is 19.4. The Morgan fingerprint density at radius 2 is 1.13 bits per heavy atom. The molecule has 1 unspecified atom stereocenters. The number of allylic oxidation sites excluding steroid dienone is 1. The fourth-order valence-electron chi connectivity index (χ4n) is 0.581. The SMILES string of the molecule is CC(F)(C(F)=C(F)F)C(F)(F)C(F)(F)F. The van der Waals surface area contributed by atoms with Crippen LogP contribution >= 0.6 is 0 Å². The Labute approximate surface area is 77.4 Å². The molecule has 15 heavy (non-hydrogen) atoms. The van der Waals surface area contributed by atoms with Crippen LogP contribution in [0.2, 0.25) is 0 Å². The maximum Gasteiger partial charge on any atom is 0.457 e. The zero-order chi connectivity index (χ0) is 12.7. The van der Waals surface area contributed by atoms with Crippen LogP contribution in [-0.4, -0.2) is 17.8 Å². The van der Waals surface area contributed by atoms with E-state index in [0.29, 0.717) is 0 Å². The molecule has 0 N–H and O–H groups in total. The molecule has 0 radical (unpaired) electrons. The number of hydrogen-bond acceptors (Lipinski definition) is 0. The summed E-state index contributed by atoms with van der Waals surface area (Å²) in [6.45, 7) is -0.616. The number of alkyl halides is 6. The molecule has 0 amide bonds. The van der Waals surface area contributed by atoms with Crippen LogP contribution in [0.25, 0.3) is 0 Å². The highest BCUT2D eigenvalue weighted by molar-refractivity contribution is 5.16. The van der Waals surface area contributed by atoms with Gasteiger partial charge in [-0.15, -0.1) is 0 Å². The van der Waals surface area contributed by atoms with Crippen molar-refractivity contribution in [2.24, 2.45) is 0 Å². The third kappa shape index (κ3) is 2.20. The summed E-state index contributed by atoms with van der Waals surface area (Å²) in [5, 5.41) is 0. The molecule has 0 fully saturated rings. The molecule has 0 spiro atoms. The molecule has 0 rings (SSSR count). The average Bonchev–Trinajstić information content (AvgIpc) is 2.00. The van der Waals surface area contributed by atoms with E-state index < -0.39 is 36.6 Å². The molecule has 9 heteroatoms. The maximum atomic E-state index is 12.6. The lowest BCUT2D eigenvalue weighted by Gasteiger charge is -2.29. The van der Waals surface area contributed by atoms with E-state index >= 15 is 0 Å². The molecule has 0 aromatic carbocycles. The monoisotopic (exact) mass is 246 g/mol. The van der Waals surface area contributed by atoms with Crippen molar-refractivity contribution in [1.29, 1.82) is 0 Å². The summed E-state index contributed by atoms with van der Waals surface area (Å²) in [5.41, 5.74) is -5.13. The molecule has 0 saturated heterocycles. The Balaban J connectivity index is 5.49. The van der Waals surface area contributed by atoms with Gasteiger partial charge < -0.3 is 0 Å². The first-order chi connectivity index (χ1) is 6.35. The van der Waals surface area contributed by atoms with Crippen LogP contribution in [0.5, 0.6) is 0 Å². The van der Waals surface area contributed by atoms with E-state index in [1.165, 1.54) is 0 Å². The van der Waals surface area contributed by atoms with Crippen LogP contribution in [0.4, 0.5) is 39.5 Å². The lowest BCUT2D eigenvalue weighted by Crippen LogP contribution is -2.53. The first-order valence-electron chi connectivity index (χ1n) is 3.20. The van der Waals surface area contributed by atoms with Crippen LogP contribution in [0.15, 0.2) is 11.9 Å². The molecule has 0 heterocycles. The predicted molar refractivity (Wildman–Crippen MR) is 30.9 cm³/mol. The van der Waals surface area contributed by atoms with Crippen LogP contribution < -0.4 is 0 Å². The van der Waals surface area contributed by atoms with Crippen LogP contribution in [0, 0.1) is 0 Å². The first kappa shape index (κ1) is 14.1. The van der Waals surface area contributed by atoms with Crippen molar-refractivity contribution in [2.75, 3.05) is 0 Å². The van der Waals surface area contributed by atoms with E-state index in [1.54, 1.807) is 0 Å². The predicted octanol–water partition coefficient (Wildman–Crippen LogP) is 3.99. The average molecular weight is 246 g/mol. The minimum absolute atomic E-state index is 0.616. The highest BCUT2D eigenvalue weighted by Gasteiger charge is 2.72. The van der Waals surface area contributed by atoms with Crippen molar-refractivity contribution in [3.05, 3.63) is 11.9 Å². The Morgan fingerprint density at radius 1 is 0.800 bits per heavy atom. The molecule has 0 aliphatic heterocycles. The Hall–Kier alpha value is -0.890. The second-order valence-electron chi connectivity index (χ2n) is 2.65. The van der Waals surface area contributed by atoms with E-state index in [1.807, 2.05) is 0 Å². The van der Waals surface area contributed by atoms with Gasteiger partial charge in [-0.25, -0.2) is 8.78 Å². The summed E-state index contributed by atoms with van der Waals surface area (Å²) < 4.78 is 107. The molecule has 1 atom stereocenters. The van der Waals surface area contributed by atoms with Crippen molar-refractivity contribution in [3.8, 4) is 0 Å². The molecule has 0 aliphatic carbocycles. The highest BCUT2D eigenvalue weighted by Crippen LogP contribution is 2.49. The number of halogens is 9. The number of rotatable bonds is 2. The van der Waals surface area contributed by atoms with Crippen molar-refractivity contribution in [3.63, 3.8) is 0 Å². The van der Waals surface area contributed by atoms with Gasteiger partial charge in [0.1, 0.15) is 0 Å². The number of hydrogen-bond donors (Lipinski definition) is 0. The van der Waals surface area contributed by atoms with Crippen molar-refractivity contribution < 1.29 is 39.5 Å². The van der Waals surface area contributed by atoms with Gasteiger partial charge in [-0.2, -0.15) is 30.7 Å². The molecule has 0 nitrogen and oxygen atoms in total. The Bertz CT molecular complexity index is 267. The van der Waals surface area contributed by atoms with Gasteiger partial charge in [0.25, 0.3) is 0 Å². The second kappa shape index (κ2) is 3.60. The van der Waals surface area contributed by atoms with E-state index in [9.17, 15) is 39.5 Å². The zero-order valence-corrected chi connectivity index (χ0v) is 6.90.